The predicted molar refractivity (Wildman–Crippen MR) is 90.8 cm³/mol. The Morgan fingerprint density at radius 2 is 1.74 bits per heavy atom. The van der Waals surface area contributed by atoms with Crippen LogP contribution in [0.4, 0.5) is 0 Å². The third-order valence-electron chi connectivity index (χ3n) is 3.35. The van der Waals surface area contributed by atoms with Crippen LogP contribution in [0.3, 0.4) is 0 Å². The normalized spacial score (nSPS) is 10.4. The summed E-state index contributed by atoms with van der Waals surface area (Å²) in [6.45, 7) is 4.45. The Kier molecular flexibility index (Phi) is 9.37. The van der Waals surface area contributed by atoms with Gasteiger partial charge in [-0.15, -0.1) is 0 Å². The van der Waals surface area contributed by atoms with Crippen molar-refractivity contribution in [1.29, 1.82) is 0 Å². The minimum Gasteiger partial charge on any atom is -0.466 e. The molecule has 23 heavy (non-hydrogen) atoms. The average molecular weight is 341 g/mol. The van der Waals surface area contributed by atoms with Crippen LogP contribution < -0.4 is 4.74 Å². The van der Waals surface area contributed by atoms with Gasteiger partial charge in [0.2, 0.25) is 0 Å². The molecule has 0 saturated heterocycles. The molecule has 4 nitrogen and oxygen atoms in total. The first-order valence-corrected chi connectivity index (χ1v) is 8.53. The van der Waals surface area contributed by atoms with E-state index in [-0.39, 0.29) is 18.8 Å². The lowest BCUT2D eigenvalue weighted by atomic mass is 10.2. The number of ether oxygens (including phenoxy) is 2. The average Bonchev–Trinajstić information content (AvgIpc) is 2.52. The minimum absolute atomic E-state index is 0.0149. The second kappa shape index (κ2) is 11.1. The fourth-order valence-electron chi connectivity index (χ4n) is 2.03. The van der Waals surface area contributed by atoms with E-state index in [9.17, 15) is 9.59 Å². The van der Waals surface area contributed by atoms with Gasteiger partial charge >= 0.3 is 11.9 Å². The molecule has 0 unspecified atom stereocenters. The molecule has 0 aliphatic rings. The largest absolute Gasteiger partial charge is 0.466 e. The van der Waals surface area contributed by atoms with Gasteiger partial charge in [0.05, 0.1) is 24.5 Å². The molecule has 0 bridgehead atoms. The van der Waals surface area contributed by atoms with Crippen LogP contribution in [0.2, 0.25) is 5.02 Å². The van der Waals surface area contributed by atoms with Gasteiger partial charge in [0.15, 0.2) is 0 Å². The zero-order valence-electron chi connectivity index (χ0n) is 13.9. The zero-order valence-corrected chi connectivity index (χ0v) is 14.7. The summed E-state index contributed by atoms with van der Waals surface area (Å²) in [7, 11) is 0. The first-order chi connectivity index (χ1) is 11.0. The van der Waals surface area contributed by atoms with Crippen LogP contribution in [0.5, 0.6) is 5.75 Å². The van der Waals surface area contributed by atoms with Crippen LogP contribution >= 0.6 is 11.6 Å². The number of carbonyl (C=O) groups is 2. The Morgan fingerprint density at radius 3 is 2.48 bits per heavy atom. The molecule has 0 spiro atoms. The maximum Gasteiger partial charge on any atom is 0.311 e. The summed E-state index contributed by atoms with van der Waals surface area (Å²) in [5.41, 5.74) is 0.944. The Balaban J connectivity index is 2.20. The zero-order chi connectivity index (χ0) is 17.1. The lowest BCUT2D eigenvalue weighted by Crippen LogP contribution is -2.13. The highest BCUT2D eigenvalue weighted by Crippen LogP contribution is 2.25. The maximum absolute atomic E-state index is 11.7. The van der Waals surface area contributed by atoms with Crippen molar-refractivity contribution in [3.63, 3.8) is 0 Å². The minimum atomic E-state index is -0.489. The molecule has 0 aromatic heterocycles. The molecule has 1 rings (SSSR count). The highest BCUT2D eigenvalue weighted by Gasteiger charge is 2.12. The van der Waals surface area contributed by atoms with Gasteiger partial charge < -0.3 is 9.47 Å². The van der Waals surface area contributed by atoms with Gasteiger partial charge in [-0.05, 0) is 31.0 Å². The van der Waals surface area contributed by atoms with Gasteiger partial charge in [-0.1, -0.05) is 50.3 Å². The van der Waals surface area contributed by atoms with Gasteiger partial charge in [0, 0.05) is 0 Å². The number of unbranched alkanes of at least 4 members (excludes halogenated alkanes) is 4. The summed E-state index contributed by atoms with van der Waals surface area (Å²) < 4.78 is 10.3. The van der Waals surface area contributed by atoms with E-state index in [4.69, 9.17) is 21.1 Å². The van der Waals surface area contributed by atoms with Crippen molar-refractivity contribution in [2.24, 2.45) is 0 Å². The topological polar surface area (TPSA) is 52.6 Å². The van der Waals surface area contributed by atoms with Gasteiger partial charge in [-0.2, -0.15) is 0 Å². The second-order valence-electron chi connectivity index (χ2n) is 5.54. The molecular formula is C18H25ClO4. The number of benzene rings is 1. The maximum atomic E-state index is 11.7. The van der Waals surface area contributed by atoms with Crippen molar-refractivity contribution in [2.75, 3.05) is 6.61 Å². The van der Waals surface area contributed by atoms with Crippen molar-refractivity contribution in [3.05, 3.63) is 28.8 Å². The van der Waals surface area contributed by atoms with E-state index in [1.165, 1.54) is 12.8 Å². The number of halogens is 1. The summed E-state index contributed by atoms with van der Waals surface area (Å²) in [4.78, 5) is 23.3. The molecule has 0 radical (unpaired) electrons. The van der Waals surface area contributed by atoms with Crippen LogP contribution in [0.1, 0.15) is 57.4 Å². The summed E-state index contributed by atoms with van der Waals surface area (Å²) in [5.74, 6) is -0.536. The Hall–Kier alpha value is -1.55. The van der Waals surface area contributed by atoms with Crippen LogP contribution in [-0.4, -0.2) is 18.5 Å². The van der Waals surface area contributed by atoms with Crippen LogP contribution in [-0.2, 0) is 14.3 Å². The third-order valence-corrected chi connectivity index (χ3v) is 3.67. The van der Waals surface area contributed by atoms with Crippen molar-refractivity contribution in [3.8, 4) is 5.75 Å². The van der Waals surface area contributed by atoms with E-state index in [0.717, 1.165) is 24.8 Å². The molecule has 0 saturated carbocycles. The van der Waals surface area contributed by atoms with Crippen LogP contribution in [0, 0.1) is 6.92 Å². The van der Waals surface area contributed by atoms with Crippen molar-refractivity contribution in [1.82, 2.24) is 0 Å². The van der Waals surface area contributed by atoms with Gasteiger partial charge in [-0.3, -0.25) is 9.59 Å². The number of rotatable bonds is 10. The third kappa shape index (κ3) is 8.60. The smallest absolute Gasteiger partial charge is 0.311 e. The predicted octanol–water partition coefficient (Wildman–Crippen LogP) is 4.85. The first kappa shape index (κ1) is 19.5. The molecule has 0 aliphatic heterocycles. The number of aryl methyl sites for hydroxylation is 1. The second-order valence-corrected chi connectivity index (χ2v) is 5.95. The molecule has 0 heterocycles. The monoisotopic (exact) mass is 340 g/mol. The molecule has 0 atom stereocenters. The Labute approximate surface area is 143 Å². The van der Waals surface area contributed by atoms with Crippen molar-refractivity contribution in [2.45, 2.75) is 58.8 Å². The van der Waals surface area contributed by atoms with E-state index in [2.05, 4.69) is 6.92 Å². The molecule has 5 heteroatoms. The molecule has 1 aromatic carbocycles. The highest BCUT2D eigenvalue weighted by molar-refractivity contribution is 6.32. The number of hydrogen-bond acceptors (Lipinski definition) is 4. The fourth-order valence-corrected chi connectivity index (χ4v) is 2.19. The van der Waals surface area contributed by atoms with Gasteiger partial charge in [-0.25, -0.2) is 0 Å². The number of esters is 2. The highest BCUT2D eigenvalue weighted by atomic mass is 35.5. The summed E-state index contributed by atoms with van der Waals surface area (Å²) >= 11 is 5.95. The fraction of sp³-hybridized carbons (Fsp3) is 0.556. The molecule has 0 N–H and O–H groups in total. The quantitative estimate of drug-likeness (QED) is 0.347. The van der Waals surface area contributed by atoms with E-state index in [0.29, 0.717) is 17.4 Å². The van der Waals surface area contributed by atoms with Crippen molar-refractivity contribution >= 4 is 23.5 Å². The summed E-state index contributed by atoms with van der Waals surface area (Å²) in [6.07, 6.45) is 5.51. The standard InChI is InChI=1S/C18H25ClO4/c1-3-4-5-6-7-12-22-17(20)10-11-18(21)23-16-13-14(2)8-9-15(16)19/h8-9,13H,3-7,10-12H2,1-2H3. The van der Waals surface area contributed by atoms with E-state index < -0.39 is 5.97 Å². The number of carbonyl (C=O) groups excluding carboxylic acids is 2. The SMILES string of the molecule is CCCCCCCOC(=O)CCC(=O)Oc1cc(C)ccc1Cl. The molecule has 0 fully saturated rings. The van der Waals surface area contributed by atoms with Crippen LogP contribution in [0.25, 0.3) is 0 Å². The lowest BCUT2D eigenvalue weighted by Gasteiger charge is -2.07. The molecule has 128 valence electrons. The molecule has 0 aliphatic carbocycles. The van der Waals surface area contributed by atoms with E-state index in [1.54, 1.807) is 12.1 Å². The van der Waals surface area contributed by atoms with Crippen molar-refractivity contribution < 1.29 is 19.1 Å². The first-order valence-electron chi connectivity index (χ1n) is 8.15. The van der Waals surface area contributed by atoms with E-state index >= 15 is 0 Å². The van der Waals surface area contributed by atoms with E-state index in [1.807, 2.05) is 13.0 Å². The summed E-state index contributed by atoms with van der Waals surface area (Å²) in [6, 6.07) is 5.19. The summed E-state index contributed by atoms with van der Waals surface area (Å²) in [5, 5.41) is 0.374. The molecule has 1 aromatic rings. The van der Waals surface area contributed by atoms with Crippen LogP contribution in [0.15, 0.2) is 18.2 Å². The van der Waals surface area contributed by atoms with Gasteiger partial charge in [0.1, 0.15) is 5.75 Å². The van der Waals surface area contributed by atoms with Gasteiger partial charge in [0.25, 0.3) is 0 Å². The molecule has 0 amide bonds. The Bertz CT molecular complexity index is 514. The molecular weight excluding hydrogens is 316 g/mol. The number of hydrogen-bond donors (Lipinski definition) is 0. The lowest BCUT2D eigenvalue weighted by molar-refractivity contribution is -0.147. The Morgan fingerprint density at radius 1 is 1.04 bits per heavy atom.